The quantitative estimate of drug-likeness (QED) is 0.232. The molecule has 0 saturated heterocycles. The summed E-state index contributed by atoms with van der Waals surface area (Å²) in [6.07, 6.45) is 0. The number of hydrogen-bond donors (Lipinski definition) is 0. The van der Waals surface area contributed by atoms with Crippen molar-refractivity contribution < 1.29 is 0 Å². The molecule has 35 heavy (non-hydrogen) atoms. The summed E-state index contributed by atoms with van der Waals surface area (Å²) in [5.41, 5.74) is 6.32. The normalized spacial score (nSPS) is 11.4. The molecule has 2 heterocycles. The van der Waals surface area contributed by atoms with E-state index in [0.29, 0.717) is 0 Å². The van der Waals surface area contributed by atoms with E-state index in [4.69, 9.17) is 15.0 Å². The Morgan fingerprint density at radius 3 is 2.03 bits per heavy atom. The summed E-state index contributed by atoms with van der Waals surface area (Å²) in [6.45, 7) is 0. The Balaban J connectivity index is 1.44. The van der Waals surface area contributed by atoms with Crippen LogP contribution < -0.4 is 0 Å². The van der Waals surface area contributed by atoms with Crippen molar-refractivity contribution >= 4 is 46.0 Å². The third-order valence-corrected chi connectivity index (χ3v) is 8.72. The summed E-state index contributed by atoms with van der Waals surface area (Å²) in [5.74, 6) is 0.747. The van der Waals surface area contributed by atoms with Gasteiger partial charge in [-0.2, -0.15) is 0 Å². The SMILES string of the molecule is c1ccc(-c2nc3ccc4ccc(-c5nc(-c6ccccc6)c6ccccc6n5)cc4c3[se]2)cc1. The number of benzene rings is 5. The number of aromatic nitrogens is 3. The molecule has 7 aromatic rings. The summed E-state index contributed by atoms with van der Waals surface area (Å²) in [6, 6.07) is 40.0. The van der Waals surface area contributed by atoms with Gasteiger partial charge in [0.2, 0.25) is 0 Å². The first-order valence-corrected chi connectivity index (χ1v) is 13.3. The minimum atomic E-state index is 0.147. The monoisotopic (exact) mass is 513 g/mol. The van der Waals surface area contributed by atoms with Crippen LogP contribution in [0.3, 0.4) is 0 Å². The molecule has 0 spiro atoms. The van der Waals surface area contributed by atoms with Crippen molar-refractivity contribution in [2.45, 2.75) is 0 Å². The van der Waals surface area contributed by atoms with E-state index < -0.39 is 0 Å². The van der Waals surface area contributed by atoms with Crippen LogP contribution in [0, 0.1) is 0 Å². The van der Waals surface area contributed by atoms with E-state index >= 15 is 0 Å². The maximum atomic E-state index is 5.07. The van der Waals surface area contributed by atoms with E-state index in [1.165, 1.54) is 25.2 Å². The van der Waals surface area contributed by atoms with Crippen molar-refractivity contribution in [3.8, 4) is 32.8 Å². The van der Waals surface area contributed by atoms with Gasteiger partial charge in [-0.25, -0.2) is 0 Å². The second kappa shape index (κ2) is 8.28. The first-order chi connectivity index (χ1) is 17.3. The minimum absolute atomic E-state index is 0.147. The van der Waals surface area contributed by atoms with Gasteiger partial charge in [0.25, 0.3) is 0 Å². The van der Waals surface area contributed by atoms with Gasteiger partial charge in [-0.05, 0) is 0 Å². The topological polar surface area (TPSA) is 38.7 Å². The fourth-order valence-corrected chi connectivity index (χ4v) is 6.87. The third kappa shape index (κ3) is 3.55. The number of nitrogens with zero attached hydrogens (tertiary/aromatic N) is 3. The van der Waals surface area contributed by atoms with Crippen molar-refractivity contribution in [3.63, 3.8) is 0 Å². The van der Waals surface area contributed by atoms with Crippen LogP contribution in [0.4, 0.5) is 0 Å². The Hall–Kier alpha value is -4.11. The molecule has 0 bridgehead atoms. The van der Waals surface area contributed by atoms with Gasteiger partial charge in [0, 0.05) is 0 Å². The predicted octanol–water partition coefficient (Wildman–Crippen LogP) is 7.39. The molecule has 0 radical (unpaired) electrons. The summed E-state index contributed by atoms with van der Waals surface area (Å²) in [5, 5.41) is 3.53. The van der Waals surface area contributed by atoms with Gasteiger partial charge in [-0.15, -0.1) is 0 Å². The molecule has 0 amide bonds. The number of rotatable bonds is 3. The van der Waals surface area contributed by atoms with Crippen LogP contribution in [0.2, 0.25) is 0 Å². The average Bonchev–Trinajstić information content (AvgIpc) is 3.38. The summed E-state index contributed by atoms with van der Waals surface area (Å²) in [4.78, 5) is 15.0. The number of para-hydroxylation sites is 1. The van der Waals surface area contributed by atoms with Crippen LogP contribution in [-0.4, -0.2) is 29.5 Å². The van der Waals surface area contributed by atoms with E-state index in [0.717, 1.165) is 39.1 Å². The van der Waals surface area contributed by atoms with Crippen LogP contribution in [-0.2, 0) is 0 Å². The summed E-state index contributed by atoms with van der Waals surface area (Å²) in [7, 11) is 0. The van der Waals surface area contributed by atoms with E-state index in [1.54, 1.807) is 0 Å². The van der Waals surface area contributed by atoms with Crippen molar-refractivity contribution in [3.05, 3.63) is 115 Å². The van der Waals surface area contributed by atoms with Crippen molar-refractivity contribution in [2.24, 2.45) is 0 Å². The molecular formula is C31H19N3Se. The van der Waals surface area contributed by atoms with Gasteiger partial charge >= 0.3 is 209 Å². The standard InChI is InChI=1S/C31H19N3Se/c1-3-9-21(10-4-1)28-24-13-7-8-14-26(24)32-30(34-28)23-16-15-20-17-18-27-29(25(20)19-23)35-31(33-27)22-11-5-2-6-12-22/h1-19H. The Morgan fingerprint density at radius 2 is 1.20 bits per heavy atom. The van der Waals surface area contributed by atoms with E-state index in [-0.39, 0.29) is 14.5 Å². The maximum absolute atomic E-state index is 5.07. The van der Waals surface area contributed by atoms with E-state index in [2.05, 4.69) is 91.0 Å². The van der Waals surface area contributed by atoms with E-state index in [9.17, 15) is 0 Å². The molecule has 4 heteroatoms. The first kappa shape index (κ1) is 20.3. The molecule has 0 aliphatic carbocycles. The van der Waals surface area contributed by atoms with Crippen LogP contribution in [0.5, 0.6) is 0 Å². The molecule has 3 nitrogen and oxygen atoms in total. The molecule has 0 unspecified atom stereocenters. The molecule has 7 rings (SSSR count). The van der Waals surface area contributed by atoms with Gasteiger partial charge < -0.3 is 0 Å². The van der Waals surface area contributed by atoms with Gasteiger partial charge in [-0.1, -0.05) is 0 Å². The zero-order valence-electron chi connectivity index (χ0n) is 18.7. The van der Waals surface area contributed by atoms with E-state index in [1.807, 2.05) is 24.3 Å². The number of hydrogen-bond acceptors (Lipinski definition) is 3. The fraction of sp³-hybridized carbons (Fsp3) is 0. The summed E-state index contributed by atoms with van der Waals surface area (Å²) >= 11 is 0.147. The zero-order chi connectivity index (χ0) is 23.2. The van der Waals surface area contributed by atoms with Crippen LogP contribution >= 0.6 is 0 Å². The zero-order valence-corrected chi connectivity index (χ0v) is 20.4. The first-order valence-electron chi connectivity index (χ1n) is 11.5. The molecular weight excluding hydrogens is 493 g/mol. The molecule has 164 valence electrons. The van der Waals surface area contributed by atoms with Crippen molar-refractivity contribution in [2.75, 3.05) is 0 Å². The molecule has 0 atom stereocenters. The van der Waals surface area contributed by atoms with Gasteiger partial charge in [-0.3, -0.25) is 0 Å². The Kier molecular flexibility index (Phi) is 4.80. The molecule has 0 fully saturated rings. The second-order valence-corrected chi connectivity index (χ2v) is 10.6. The molecule has 0 aliphatic heterocycles. The average molecular weight is 512 g/mol. The third-order valence-electron chi connectivity index (χ3n) is 6.30. The molecule has 0 N–H and O–H groups in total. The predicted molar refractivity (Wildman–Crippen MR) is 146 cm³/mol. The Labute approximate surface area is 208 Å². The fourth-order valence-electron chi connectivity index (χ4n) is 4.57. The van der Waals surface area contributed by atoms with Crippen LogP contribution in [0.1, 0.15) is 0 Å². The molecule has 0 saturated carbocycles. The summed E-state index contributed by atoms with van der Waals surface area (Å²) < 4.78 is 2.51. The molecule has 2 aromatic heterocycles. The number of fused-ring (bicyclic) bond motifs is 4. The second-order valence-electron chi connectivity index (χ2n) is 8.51. The van der Waals surface area contributed by atoms with Crippen LogP contribution in [0.15, 0.2) is 115 Å². The molecule has 5 aromatic carbocycles. The van der Waals surface area contributed by atoms with Gasteiger partial charge in [0.15, 0.2) is 0 Å². The Morgan fingerprint density at radius 1 is 0.486 bits per heavy atom. The van der Waals surface area contributed by atoms with Crippen molar-refractivity contribution in [1.29, 1.82) is 0 Å². The van der Waals surface area contributed by atoms with Gasteiger partial charge in [0.05, 0.1) is 0 Å². The van der Waals surface area contributed by atoms with Gasteiger partial charge in [0.1, 0.15) is 0 Å². The Bertz CT molecular complexity index is 1840. The molecule has 0 aliphatic rings. The van der Waals surface area contributed by atoms with Crippen molar-refractivity contribution in [1.82, 2.24) is 15.0 Å². The van der Waals surface area contributed by atoms with Crippen LogP contribution in [0.25, 0.3) is 64.2 Å².